The molecule has 0 fully saturated rings. The first-order valence-electron chi connectivity index (χ1n) is 6.46. The highest BCUT2D eigenvalue weighted by atomic mass is 32.2. The van der Waals surface area contributed by atoms with Crippen molar-refractivity contribution in [2.75, 3.05) is 23.9 Å². The molecule has 1 amide bonds. The summed E-state index contributed by atoms with van der Waals surface area (Å²) in [4.78, 5) is 22.6. The molecule has 0 aromatic heterocycles. The molecule has 0 aliphatic carbocycles. The van der Waals surface area contributed by atoms with E-state index in [4.69, 9.17) is 0 Å². The molecular weight excluding hydrogens is 294 g/mol. The molecule has 1 rings (SSSR count). The van der Waals surface area contributed by atoms with Crippen LogP contribution in [0.1, 0.15) is 18.4 Å². The monoisotopic (exact) mass is 313 g/mol. The lowest BCUT2D eigenvalue weighted by Gasteiger charge is -2.07. The third-order valence-electron chi connectivity index (χ3n) is 2.72. The van der Waals surface area contributed by atoms with Crippen molar-refractivity contribution in [1.82, 2.24) is 0 Å². The molecule has 1 N–H and O–H groups in total. The molecular formula is C14H19NO5S. The summed E-state index contributed by atoms with van der Waals surface area (Å²) in [7, 11) is -2.29. The molecule has 0 bridgehead atoms. The number of benzene rings is 1. The second-order valence-corrected chi connectivity index (χ2v) is 6.87. The van der Waals surface area contributed by atoms with Crippen molar-refractivity contribution in [2.24, 2.45) is 0 Å². The highest BCUT2D eigenvalue weighted by Gasteiger charge is 2.17. The highest BCUT2D eigenvalue weighted by molar-refractivity contribution is 7.92. The van der Waals surface area contributed by atoms with Crippen LogP contribution in [0, 0.1) is 6.92 Å². The Labute approximate surface area is 124 Å². The molecule has 0 aliphatic rings. The second-order valence-electron chi connectivity index (χ2n) is 4.69. The summed E-state index contributed by atoms with van der Waals surface area (Å²) >= 11 is 0. The van der Waals surface area contributed by atoms with Crippen LogP contribution in [0.4, 0.5) is 5.69 Å². The van der Waals surface area contributed by atoms with Crippen molar-refractivity contribution < 1.29 is 22.7 Å². The largest absolute Gasteiger partial charge is 0.469 e. The third-order valence-corrected chi connectivity index (χ3v) is 4.33. The molecule has 116 valence electrons. The number of rotatable bonds is 7. The molecule has 7 heteroatoms. The SMILES string of the molecule is COC(=O)CCCS(=O)(=O)CC(=O)Nc1cccc(C)c1. The average molecular weight is 313 g/mol. The Morgan fingerprint density at radius 2 is 2.00 bits per heavy atom. The molecule has 0 saturated carbocycles. The van der Waals surface area contributed by atoms with E-state index in [2.05, 4.69) is 10.1 Å². The lowest BCUT2D eigenvalue weighted by molar-refractivity contribution is -0.140. The van der Waals surface area contributed by atoms with E-state index in [9.17, 15) is 18.0 Å². The number of amides is 1. The Hall–Kier alpha value is -1.89. The van der Waals surface area contributed by atoms with Gasteiger partial charge in [-0.25, -0.2) is 8.42 Å². The summed E-state index contributed by atoms with van der Waals surface area (Å²) in [5, 5.41) is 2.54. The van der Waals surface area contributed by atoms with Crippen LogP contribution in [0.25, 0.3) is 0 Å². The molecule has 0 atom stereocenters. The predicted octanol–water partition coefficient (Wildman–Crippen LogP) is 1.30. The Balaban J connectivity index is 2.47. The number of esters is 1. The van der Waals surface area contributed by atoms with E-state index in [0.717, 1.165) is 5.56 Å². The zero-order chi connectivity index (χ0) is 15.9. The quantitative estimate of drug-likeness (QED) is 0.766. The van der Waals surface area contributed by atoms with Crippen LogP contribution in [-0.4, -0.2) is 38.9 Å². The standard InChI is InChI=1S/C14H19NO5S/c1-11-5-3-6-12(9-11)15-13(16)10-21(18,19)8-4-7-14(17)20-2/h3,5-6,9H,4,7-8,10H2,1-2H3,(H,15,16). The molecule has 21 heavy (non-hydrogen) atoms. The van der Waals surface area contributed by atoms with Gasteiger partial charge in [-0.15, -0.1) is 0 Å². The van der Waals surface area contributed by atoms with Gasteiger partial charge in [0.15, 0.2) is 9.84 Å². The molecule has 1 aromatic rings. The van der Waals surface area contributed by atoms with E-state index in [0.29, 0.717) is 5.69 Å². The maximum absolute atomic E-state index is 11.8. The van der Waals surface area contributed by atoms with Crippen LogP contribution < -0.4 is 5.32 Å². The van der Waals surface area contributed by atoms with E-state index < -0.39 is 27.5 Å². The average Bonchev–Trinajstić information content (AvgIpc) is 2.37. The molecule has 0 aliphatic heterocycles. The fourth-order valence-electron chi connectivity index (χ4n) is 1.73. The summed E-state index contributed by atoms with van der Waals surface area (Å²) in [6.45, 7) is 1.87. The Kier molecular flexibility index (Phi) is 6.36. The van der Waals surface area contributed by atoms with Crippen LogP contribution in [0.3, 0.4) is 0 Å². The van der Waals surface area contributed by atoms with Crippen molar-refractivity contribution in [3.8, 4) is 0 Å². The number of methoxy groups -OCH3 is 1. The van der Waals surface area contributed by atoms with Gasteiger partial charge in [0.05, 0.1) is 12.9 Å². The smallest absolute Gasteiger partial charge is 0.305 e. The number of ether oxygens (including phenoxy) is 1. The fourth-order valence-corrected chi connectivity index (χ4v) is 2.93. The molecule has 0 saturated heterocycles. The minimum absolute atomic E-state index is 0.0230. The Bertz CT molecular complexity index is 610. The lowest BCUT2D eigenvalue weighted by atomic mass is 10.2. The van der Waals surface area contributed by atoms with Gasteiger partial charge in [-0.3, -0.25) is 9.59 Å². The summed E-state index contributed by atoms with van der Waals surface area (Å²) in [5.41, 5.74) is 1.53. The van der Waals surface area contributed by atoms with E-state index in [1.807, 2.05) is 13.0 Å². The third kappa shape index (κ3) is 6.89. The van der Waals surface area contributed by atoms with Crippen LogP contribution in [0.5, 0.6) is 0 Å². The predicted molar refractivity (Wildman–Crippen MR) is 79.7 cm³/mol. The van der Waals surface area contributed by atoms with Crippen LogP contribution >= 0.6 is 0 Å². The minimum atomic E-state index is -3.53. The van der Waals surface area contributed by atoms with Gasteiger partial charge >= 0.3 is 5.97 Å². The van der Waals surface area contributed by atoms with Gasteiger partial charge < -0.3 is 10.1 Å². The van der Waals surface area contributed by atoms with Gasteiger partial charge in [-0.2, -0.15) is 0 Å². The second kappa shape index (κ2) is 7.78. The van der Waals surface area contributed by atoms with Gasteiger partial charge in [-0.05, 0) is 31.0 Å². The fraction of sp³-hybridized carbons (Fsp3) is 0.429. The van der Waals surface area contributed by atoms with Gasteiger partial charge in [0.25, 0.3) is 0 Å². The maximum Gasteiger partial charge on any atom is 0.305 e. The van der Waals surface area contributed by atoms with Crippen molar-refractivity contribution in [3.05, 3.63) is 29.8 Å². The first kappa shape index (κ1) is 17.2. The van der Waals surface area contributed by atoms with Gasteiger partial charge in [-0.1, -0.05) is 12.1 Å². The van der Waals surface area contributed by atoms with Gasteiger partial charge in [0, 0.05) is 12.1 Å². The van der Waals surface area contributed by atoms with Crippen molar-refractivity contribution >= 4 is 27.4 Å². The number of nitrogens with one attached hydrogen (secondary N) is 1. The normalized spacial score (nSPS) is 11.0. The molecule has 0 radical (unpaired) electrons. The zero-order valence-corrected chi connectivity index (χ0v) is 12.9. The number of sulfone groups is 1. The first-order valence-corrected chi connectivity index (χ1v) is 8.28. The topological polar surface area (TPSA) is 89.5 Å². The molecule has 0 spiro atoms. The molecule has 0 unspecified atom stereocenters. The van der Waals surface area contributed by atoms with Crippen molar-refractivity contribution in [3.63, 3.8) is 0 Å². The number of anilines is 1. The summed E-state index contributed by atoms with van der Waals surface area (Å²) in [6.07, 6.45) is 0.169. The van der Waals surface area contributed by atoms with Gasteiger partial charge in [0.1, 0.15) is 5.75 Å². The van der Waals surface area contributed by atoms with Crippen LogP contribution in [0.2, 0.25) is 0 Å². The van der Waals surface area contributed by atoms with Crippen LogP contribution in [-0.2, 0) is 24.2 Å². The number of carbonyl (C=O) groups is 2. The molecule has 0 heterocycles. The van der Waals surface area contributed by atoms with E-state index in [1.54, 1.807) is 18.2 Å². The van der Waals surface area contributed by atoms with E-state index in [1.165, 1.54) is 7.11 Å². The summed E-state index contributed by atoms with van der Waals surface area (Å²) in [5.74, 6) is -1.86. The molecule has 6 nitrogen and oxygen atoms in total. The van der Waals surface area contributed by atoms with Crippen LogP contribution in [0.15, 0.2) is 24.3 Å². The Morgan fingerprint density at radius 3 is 2.62 bits per heavy atom. The highest BCUT2D eigenvalue weighted by Crippen LogP contribution is 2.10. The Morgan fingerprint density at radius 1 is 1.29 bits per heavy atom. The van der Waals surface area contributed by atoms with E-state index >= 15 is 0 Å². The van der Waals surface area contributed by atoms with E-state index in [-0.39, 0.29) is 18.6 Å². The number of hydrogen-bond acceptors (Lipinski definition) is 5. The lowest BCUT2D eigenvalue weighted by Crippen LogP contribution is -2.25. The van der Waals surface area contributed by atoms with Crippen molar-refractivity contribution in [1.29, 1.82) is 0 Å². The number of aryl methyl sites for hydroxylation is 1. The first-order chi connectivity index (χ1) is 9.82. The maximum atomic E-state index is 11.8. The van der Waals surface area contributed by atoms with Crippen molar-refractivity contribution in [2.45, 2.75) is 19.8 Å². The summed E-state index contributed by atoms with van der Waals surface area (Å²) in [6, 6.07) is 7.09. The number of carbonyl (C=O) groups excluding carboxylic acids is 2. The number of hydrogen-bond donors (Lipinski definition) is 1. The minimum Gasteiger partial charge on any atom is -0.469 e. The molecule has 1 aromatic carbocycles. The summed E-state index contributed by atoms with van der Waals surface area (Å²) < 4.78 is 27.9. The van der Waals surface area contributed by atoms with Gasteiger partial charge in [0.2, 0.25) is 5.91 Å². The zero-order valence-electron chi connectivity index (χ0n) is 12.1.